The number of hydrogen-bond donors (Lipinski definition) is 0. The first-order valence-electron chi connectivity index (χ1n) is 3.68. The van der Waals surface area contributed by atoms with Gasteiger partial charge >= 0.3 is 0 Å². The second-order valence-electron chi connectivity index (χ2n) is 2.37. The van der Waals surface area contributed by atoms with E-state index in [1.165, 1.54) is 0 Å². The molecule has 0 bridgehead atoms. The van der Waals surface area contributed by atoms with Crippen molar-refractivity contribution in [1.82, 2.24) is 4.98 Å². The second-order valence-corrected chi connectivity index (χ2v) is 2.37. The third kappa shape index (κ3) is 2.09. The zero-order chi connectivity index (χ0) is 8.10. The average Bonchev–Trinajstić information content (AvgIpc) is 2.07. The molecule has 56 valence electrons. The molecule has 0 aromatic carbocycles. The van der Waals surface area contributed by atoms with E-state index in [1.807, 2.05) is 25.1 Å². The Morgan fingerprint density at radius 1 is 1.45 bits per heavy atom. The zero-order valence-corrected chi connectivity index (χ0v) is 6.83. The Morgan fingerprint density at radius 3 is 2.82 bits per heavy atom. The van der Waals surface area contributed by atoms with Crippen molar-refractivity contribution in [3.63, 3.8) is 0 Å². The highest BCUT2D eigenvalue weighted by Gasteiger charge is 1.99. The molecular formula is C10H11N. The SMILES string of the molecule is CC#CC(C)c1ccccn1. The molecule has 11 heavy (non-hydrogen) atoms. The van der Waals surface area contributed by atoms with Crippen LogP contribution >= 0.6 is 0 Å². The van der Waals surface area contributed by atoms with Crippen molar-refractivity contribution in [3.05, 3.63) is 30.1 Å². The van der Waals surface area contributed by atoms with E-state index >= 15 is 0 Å². The summed E-state index contributed by atoms with van der Waals surface area (Å²) in [5, 5.41) is 0. The largest absolute Gasteiger partial charge is 0.260 e. The van der Waals surface area contributed by atoms with Gasteiger partial charge < -0.3 is 0 Å². The summed E-state index contributed by atoms with van der Waals surface area (Å²) in [6.45, 7) is 3.90. The first-order valence-corrected chi connectivity index (χ1v) is 3.68. The Kier molecular flexibility index (Phi) is 2.68. The summed E-state index contributed by atoms with van der Waals surface area (Å²) in [7, 11) is 0. The van der Waals surface area contributed by atoms with Gasteiger partial charge in [-0.2, -0.15) is 0 Å². The lowest BCUT2D eigenvalue weighted by atomic mass is 10.1. The van der Waals surface area contributed by atoms with Gasteiger partial charge in [-0.15, -0.1) is 5.92 Å². The lowest BCUT2D eigenvalue weighted by Gasteiger charge is -2.00. The molecule has 0 saturated heterocycles. The van der Waals surface area contributed by atoms with Gasteiger partial charge in [0.2, 0.25) is 0 Å². The Bertz CT molecular complexity index is 266. The molecule has 0 spiro atoms. The molecule has 1 unspecified atom stereocenters. The van der Waals surface area contributed by atoms with Crippen LogP contribution in [0.3, 0.4) is 0 Å². The molecule has 1 nitrogen and oxygen atoms in total. The highest BCUT2D eigenvalue weighted by Crippen LogP contribution is 2.08. The molecule has 0 aliphatic heterocycles. The zero-order valence-electron chi connectivity index (χ0n) is 6.83. The van der Waals surface area contributed by atoms with Crippen molar-refractivity contribution in [3.8, 4) is 11.8 Å². The van der Waals surface area contributed by atoms with E-state index in [0.717, 1.165) is 5.69 Å². The fourth-order valence-corrected chi connectivity index (χ4v) is 0.923. The number of aromatic nitrogens is 1. The van der Waals surface area contributed by atoms with E-state index in [1.54, 1.807) is 6.20 Å². The maximum Gasteiger partial charge on any atom is 0.0596 e. The van der Waals surface area contributed by atoms with Crippen LogP contribution in [0.25, 0.3) is 0 Å². The topological polar surface area (TPSA) is 12.9 Å². The van der Waals surface area contributed by atoms with Crippen molar-refractivity contribution < 1.29 is 0 Å². The van der Waals surface area contributed by atoms with Crippen molar-refractivity contribution in [2.45, 2.75) is 19.8 Å². The molecule has 1 atom stereocenters. The van der Waals surface area contributed by atoms with Crippen molar-refractivity contribution in [2.75, 3.05) is 0 Å². The van der Waals surface area contributed by atoms with Crippen LogP contribution in [0.15, 0.2) is 24.4 Å². The lowest BCUT2D eigenvalue weighted by Crippen LogP contribution is -1.91. The predicted octanol–water partition coefficient (Wildman–Crippen LogP) is 2.21. The van der Waals surface area contributed by atoms with E-state index < -0.39 is 0 Å². The summed E-state index contributed by atoms with van der Waals surface area (Å²) in [5.41, 5.74) is 1.04. The van der Waals surface area contributed by atoms with Gasteiger partial charge in [0.1, 0.15) is 0 Å². The summed E-state index contributed by atoms with van der Waals surface area (Å²) in [4.78, 5) is 4.19. The van der Waals surface area contributed by atoms with Crippen molar-refractivity contribution in [1.29, 1.82) is 0 Å². The fraction of sp³-hybridized carbons (Fsp3) is 0.300. The Hall–Kier alpha value is -1.29. The number of hydrogen-bond acceptors (Lipinski definition) is 1. The summed E-state index contributed by atoms with van der Waals surface area (Å²) >= 11 is 0. The molecule has 0 saturated carbocycles. The van der Waals surface area contributed by atoms with Gasteiger partial charge in [0.25, 0.3) is 0 Å². The van der Waals surface area contributed by atoms with Crippen LogP contribution in [0, 0.1) is 11.8 Å². The van der Waals surface area contributed by atoms with Crippen molar-refractivity contribution in [2.24, 2.45) is 0 Å². The van der Waals surface area contributed by atoms with Crippen LogP contribution in [0.4, 0.5) is 0 Å². The molecule has 0 fully saturated rings. The number of nitrogens with zero attached hydrogens (tertiary/aromatic N) is 1. The van der Waals surface area contributed by atoms with Crippen LogP contribution < -0.4 is 0 Å². The summed E-state index contributed by atoms with van der Waals surface area (Å²) in [6.07, 6.45) is 1.79. The van der Waals surface area contributed by atoms with Gasteiger partial charge in [0, 0.05) is 6.20 Å². The van der Waals surface area contributed by atoms with Crippen molar-refractivity contribution >= 4 is 0 Å². The highest BCUT2D eigenvalue weighted by atomic mass is 14.7. The molecule has 1 aromatic heterocycles. The molecule has 0 aliphatic carbocycles. The van der Waals surface area contributed by atoms with E-state index in [-0.39, 0.29) is 5.92 Å². The summed E-state index contributed by atoms with van der Waals surface area (Å²) in [5.74, 6) is 6.18. The first-order chi connectivity index (χ1) is 5.34. The molecule has 1 rings (SSSR count). The van der Waals surface area contributed by atoms with Gasteiger partial charge in [-0.3, -0.25) is 4.98 Å². The normalized spacial score (nSPS) is 11.5. The van der Waals surface area contributed by atoms with Gasteiger partial charge in [-0.25, -0.2) is 0 Å². The minimum Gasteiger partial charge on any atom is -0.260 e. The van der Waals surface area contributed by atoms with Gasteiger partial charge in [0.05, 0.1) is 11.6 Å². The molecular weight excluding hydrogens is 134 g/mol. The Balaban J connectivity index is 2.82. The molecule has 0 amide bonds. The Morgan fingerprint density at radius 2 is 2.27 bits per heavy atom. The minimum absolute atomic E-state index is 0.251. The fourth-order valence-electron chi connectivity index (χ4n) is 0.923. The van der Waals surface area contributed by atoms with Crippen LogP contribution in [0.5, 0.6) is 0 Å². The molecule has 1 aromatic rings. The predicted molar refractivity (Wildman–Crippen MR) is 46.1 cm³/mol. The number of pyridine rings is 1. The molecule has 1 heteroatoms. The van der Waals surface area contributed by atoms with Crippen LogP contribution in [-0.4, -0.2) is 4.98 Å². The average molecular weight is 145 g/mol. The maximum absolute atomic E-state index is 4.19. The Labute approximate surface area is 67.5 Å². The third-order valence-corrected chi connectivity index (χ3v) is 1.49. The molecule has 1 heterocycles. The van der Waals surface area contributed by atoms with Gasteiger partial charge in [-0.05, 0) is 26.0 Å². The maximum atomic E-state index is 4.19. The summed E-state index contributed by atoms with van der Waals surface area (Å²) in [6, 6.07) is 5.89. The van der Waals surface area contributed by atoms with E-state index in [2.05, 4.69) is 23.7 Å². The van der Waals surface area contributed by atoms with Gasteiger partial charge in [0.15, 0.2) is 0 Å². The number of rotatable bonds is 1. The highest BCUT2D eigenvalue weighted by molar-refractivity contribution is 5.19. The monoisotopic (exact) mass is 145 g/mol. The van der Waals surface area contributed by atoms with Crippen LogP contribution in [-0.2, 0) is 0 Å². The molecule has 0 N–H and O–H groups in total. The van der Waals surface area contributed by atoms with E-state index in [0.29, 0.717) is 0 Å². The van der Waals surface area contributed by atoms with E-state index in [4.69, 9.17) is 0 Å². The van der Waals surface area contributed by atoms with Gasteiger partial charge in [-0.1, -0.05) is 12.0 Å². The standard InChI is InChI=1S/C10H11N/c1-3-6-9(2)10-7-4-5-8-11-10/h4-5,7-9H,1-2H3. The van der Waals surface area contributed by atoms with Crippen LogP contribution in [0.2, 0.25) is 0 Å². The molecule has 0 aliphatic rings. The minimum atomic E-state index is 0.251. The van der Waals surface area contributed by atoms with E-state index in [9.17, 15) is 0 Å². The summed E-state index contributed by atoms with van der Waals surface area (Å²) < 4.78 is 0. The smallest absolute Gasteiger partial charge is 0.0596 e. The molecule has 0 radical (unpaired) electrons. The lowest BCUT2D eigenvalue weighted by molar-refractivity contribution is 0.935. The first kappa shape index (κ1) is 7.81. The van der Waals surface area contributed by atoms with Crippen LogP contribution in [0.1, 0.15) is 25.5 Å². The third-order valence-electron chi connectivity index (χ3n) is 1.49. The quantitative estimate of drug-likeness (QED) is 0.552. The second kappa shape index (κ2) is 3.78.